The zero-order valence-electron chi connectivity index (χ0n) is 52.6. The van der Waals surface area contributed by atoms with Gasteiger partial charge < -0.3 is 39.0 Å². The molecule has 12 nitrogen and oxygen atoms in total. The molecule has 6 atom stereocenters. The first-order valence-electron chi connectivity index (χ1n) is 34.3. The van der Waals surface area contributed by atoms with Crippen LogP contribution in [-0.2, 0) is 42.9 Å². The second-order valence-electron chi connectivity index (χ2n) is 23.8. The first-order chi connectivity index (χ1) is 39.6. The van der Waals surface area contributed by atoms with Gasteiger partial charge in [-0.05, 0) is 70.6 Å². The molecule has 0 amide bonds. The predicted molar refractivity (Wildman–Crippen MR) is 331 cm³/mol. The predicted octanol–water partition coefficient (Wildman–Crippen LogP) is 18.6. The molecule has 474 valence electrons. The summed E-state index contributed by atoms with van der Waals surface area (Å²) in [6.07, 6.45) is 55.6. The fourth-order valence-corrected chi connectivity index (χ4v) is 10.7. The number of aliphatic hydroxyl groups excluding tert-OH is 2. The molecule has 0 aliphatic carbocycles. The summed E-state index contributed by atoms with van der Waals surface area (Å²) in [5, 5.41) is 31.6. The summed E-state index contributed by atoms with van der Waals surface area (Å²) < 4.78 is 28.6. The van der Waals surface area contributed by atoms with E-state index >= 15 is 0 Å². The van der Waals surface area contributed by atoms with Crippen LogP contribution in [0.5, 0.6) is 0 Å². The third-order valence-corrected chi connectivity index (χ3v) is 16.0. The molecule has 3 N–H and O–H groups in total. The van der Waals surface area contributed by atoms with E-state index in [1.54, 1.807) is 0 Å². The molecular weight excluding hydrogens is 1020 g/mol. The van der Waals surface area contributed by atoms with E-state index in [2.05, 4.69) is 45.1 Å². The Morgan fingerprint density at radius 2 is 0.704 bits per heavy atom. The number of carbonyl (C=O) groups excluding carboxylic acids is 3. The number of carboxylic acids is 1. The Morgan fingerprint density at radius 3 is 1.05 bits per heavy atom. The van der Waals surface area contributed by atoms with E-state index in [0.29, 0.717) is 19.3 Å². The minimum atomic E-state index is -1.90. The molecule has 6 unspecified atom stereocenters. The smallest absolute Gasteiger partial charge is 0.335 e. The topological polar surface area (TPSA) is 175 Å². The molecule has 1 fully saturated rings. The van der Waals surface area contributed by atoms with Crippen molar-refractivity contribution in [1.82, 2.24) is 0 Å². The number of hydrogen-bond donors (Lipinski definition) is 3. The molecule has 0 radical (unpaired) electrons. The summed E-state index contributed by atoms with van der Waals surface area (Å²) in [6, 6.07) is 0. The van der Waals surface area contributed by atoms with Gasteiger partial charge in [0.1, 0.15) is 18.8 Å². The summed E-state index contributed by atoms with van der Waals surface area (Å²) in [6.45, 7) is 6.05. The molecule has 12 heteroatoms. The zero-order chi connectivity index (χ0) is 58.9. The summed E-state index contributed by atoms with van der Waals surface area (Å²) in [5.41, 5.74) is 0. The Labute approximate surface area is 496 Å². The first-order valence-corrected chi connectivity index (χ1v) is 34.3. The molecule has 81 heavy (non-hydrogen) atoms. The molecule has 1 aliphatic heterocycles. The van der Waals surface area contributed by atoms with Crippen molar-refractivity contribution in [3.63, 3.8) is 0 Å². The number of carboxylic acid groups (broad SMARTS) is 1. The lowest BCUT2D eigenvalue weighted by atomic mass is 9.98. The van der Waals surface area contributed by atoms with Gasteiger partial charge in [0.2, 0.25) is 0 Å². The van der Waals surface area contributed by atoms with Crippen LogP contribution >= 0.6 is 0 Å². The molecule has 1 aliphatic rings. The van der Waals surface area contributed by atoms with Crippen LogP contribution in [0.2, 0.25) is 0 Å². The third-order valence-electron chi connectivity index (χ3n) is 16.0. The quantitative estimate of drug-likeness (QED) is 0.0228. The number of ether oxygens (including phenoxy) is 5. The Kier molecular flexibility index (Phi) is 54.2. The summed E-state index contributed by atoms with van der Waals surface area (Å²) >= 11 is 0. The van der Waals surface area contributed by atoms with Crippen molar-refractivity contribution in [3.8, 4) is 0 Å². The molecule has 1 heterocycles. The highest BCUT2D eigenvalue weighted by atomic mass is 16.7. The monoisotopic (exact) mass is 1150 g/mol. The van der Waals surface area contributed by atoms with Crippen LogP contribution in [0.3, 0.4) is 0 Å². The fourth-order valence-electron chi connectivity index (χ4n) is 10.7. The van der Waals surface area contributed by atoms with Gasteiger partial charge >= 0.3 is 23.9 Å². The van der Waals surface area contributed by atoms with Gasteiger partial charge in [-0.2, -0.15) is 0 Å². The van der Waals surface area contributed by atoms with Gasteiger partial charge in [0.15, 0.2) is 24.6 Å². The van der Waals surface area contributed by atoms with Gasteiger partial charge in [-0.3, -0.25) is 14.4 Å². The maximum atomic E-state index is 13.2. The van der Waals surface area contributed by atoms with Crippen molar-refractivity contribution in [2.75, 3.05) is 13.2 Å². The number of unbranched alkanes of at least 4 members (excludes halogenated alkanes) is 42. The molecule has 1 saturated heterocycles. The maximum Gasteiger partial charge on any atom is 0.335 e. The second-order valence-corrected chi connectivity index (χ2v) is 23.8. The number of hydrogen-bond acceptors (Lipinski definition) is 11. The average Bonchev–Trinajstić information content (AvgIpc) is 3.53. The number of aliphatic hydroxyl groups is 2. The van der Waals surface area contributed by atoms with Crippen molar-refractivity contribution < 1.29 is 58.2 Å². The molecule has 0 aromatic carbocycles. The van der Waals surface area contributed by atoms with Gasteiger partial charge in [-0.1, -0.05) is 276 Å². The van der Waals surface area contributed by atoms with Crippen molar-refractivity contribution in [1.29, 1.82) is 0 Å². The Balaban J connectivity index is 2.63. The van der Waals surface area contributed by atoms with E-state index in [4.69, 9.17) is 23.7 Å². The van der Waals surface area contributed by atoms with E-state index in [1.807, 2.05) is 0 Å². The van der Waals surface area contributed by atoms with Crippen LogP contribution < -0.4 is 0 Å². The van der Waals surface area contributed by atoms with Crippen LogP contribution in [0.25, 0.3) is 0 Å². The fraction of sp³-hybridized carbons (Fsp3) is 0.884. The van der Waals surface area contributed by atoms with Crippen LogP contribution in [-0.4, -0.2) is 89.2 Å². The lowest BCUT2D eigenvalue weighted by Crippen LogP contribution is -2.61. The Morgan fingerprint density at radius 1 is 0.395 bits per heavy atom. The zero-order valence-corrected chi connectivity index (χ0v) is 52.6. The number of allylic oxidation sites excluding steroid dienone is 4. The van der Waals surface area contributed by atoms with Gasteiger partial charge in [-0.15, -0.1) is 0 Å². The highest BCUT2D eigenvalue weighted by molar-refractivity contribution is 5.74. The summed E-state index contributed by atoms with van der Waals surface area (Å²) in [4.78, 5) is 51.4. The lowest BCUT2D eigenvalue weighted by molar-refractivity contribution is -0.301. The normalized spacial score (nSPS) is 17.8. The van der Waals surface area contributed by atoms with E-state index in [0.717, 1.165) is 77.0 Å². The largest absolute Gasteiger partial charge is 0.479 e. The second kappa shape index (κ2) is 57.6. The molecular formula is C69H126O12. The SMILES string of the molecule is CCCCCCCC/C=C\CCCCCCCCCCCC(=O)OCC(COC1OC(C(=O)O)C(O)C(O)C1OC(=O)CCCCCCC/C=C\CCCCCCCC)OC(=O)CCCCCCCCCCCCCCCCCCC. The molecule has 0 saturated carbocycles. The van der Waals surface area contributed by atoms with Crippen LogP contribution in [0, 0.1) is 0 Å². The van der Waals surface area contributed by atoms with Crippen molar-refractivity contribution in [3.05, 3.63) is 24.3 Å². The minimum absolute atomic E-state index is 0.0554. The molecule has 0 aromatic heterocycles. The highest BCUT2D eigenvalue weighted by Gasteiger charge is 2.50. The summed E-state index contributed by atoms with van der Waals surface area (Å²) in [5.74, 6) is -3.09. The Hall–Kier alpha value is -2.80. The van der Waals surface area contributed by atoms with Gasteiger partial charge in [0, 0.05) is 19.3 Å². The maximum absolute atomic E-state index is 13.2. The van der Waals surface area contributed by atoms with Crippen LogP contribution in [0.15, 0.2) is 24.3 Å². The number of rotatable bonds is 60. The molecule has 0 aromatic rings. The lowest BCUT2D eigenvalue weighted by Gasteiger charge is -2.40. The summed E-state index contributed by atoms with van der Waals surface area (Å²) in [7, 11) is 0. The van der Waals surface area contributed by atoms with E-state index < -0.39 is 67.3 Å². The van der Waals surface area contributed by atoms with Crippen molar-refractivity contribution in [2.24, 2.45) is 0 Å². The molecule has 0 bridgehead atoms. The number of aliphatic carboxylic acids is 1. The van der Waals surface area contributed by atoms with Crippen LogP contribution in [0.1, 0.15) is 342 Å². The van der Waals surface area contributed by atoms with E-state index in [9.17, 15) is 34.5 Å². The highest BCUT2D eigenvalue weighted by Crippen LogP contribution is 2.27. The van der Waals surface area contributed by atoms with Gasteiger partial charge in [0.25, 0.3) is 0 Å². The number of esters is 3. The number of carbonyl (C=O) groups is 4. The minimum Gasteiger partial charge on any atom is -0.479 e. The molecule has 1 rings (SSSR count). The van der Waals surface area contributed by atoms with E-state index in [1.165, 1.54) is 205 Å². The molecule has 0 spiro atoms. The van der Waals surface area contributed by atoms with Gasteiger partial charge in [0.05, 0.1) is 6.61 Å². The van der Waals surface area contributed by atoms with Crippen LogP contribution in [0.4, 0.5) is 0 Å². The standard InChI is InChI=1S/C69H126O12/c1-4-7-10-13-16-19-22-25-28-30-31-33-35-37-40-43-46-49-52-55-61(70)77-58-60(79-62(71)56-53-50-47-44-41-39-36-32-29-26-23-20-17-14-11-8-5-2)59-78-69-67(65(74)64(73)66(81-69)68(75)76)80-63(72)57-54-51-48-45-42-38-34-27-24-21-18-15-12-9-6-3/h25,27-28,34,60,64-67,69,73-74H,4-24,26,29-33,35-59H2,1-3H3,(H,75,76)/b28-25-,34-27-. The van der Waals surface area contributed by atoms with E-state index in [-0.39, 0.29) is 25.9 Å². The van der Waals surface area contributed by atoms with Crippen molar-refractivity contribution in [2.45, 2.75) is 379 Å². The Bertz CT molecular complexity index is 1500. The third kappa shape index (κ3) is 47.2. The first kappa shape index (κ1) is 76.2. The van der Waals surface area contributed by atoms with Crippen molar-refractivity contribution >= 4 is 23.9 Å². The average molecular weight is 1150 g/mol. The van der Waals surface area contributed by atoms with Gasteiger partial charge in [-0.25, -0.2) is 4.79 Å².